The maximum absolute atomic E-state index is 12.3. The molecule has 104 valence electrons. The van der Waals surface area contributed by atoms with Crippen molar-refractivity contribution in [3.63, 3.8) is 0 Å². The monoisotopic (exact) mass is 266 g/mol. The maximum Gasteiger partial charge on any atom is 0.323 e. The number of nitrogens with zero attached hydrogens (tertiary/aromatic N) is 1. The van der Waals surface area contributed by atoms with E-state index in [0.717, 1.165) is 0 Å². The smallest absolute Gasteiger partial charge is 0.323 e. The molecule has 1 rings (SSSR count). The summed E-state index contributed by atoms with van der Waals surface area (Å²) in [5.74, 6) is -1.08. The van der Waals surface area contributed by atoms with Gasteiger partial charge in [-0.1, -0.05) is 6.92 Å². The highest BCUT2D eigenvalue weighted by Crippen LogP contribution is 2.23. The third-order valence-corrected chi connectivity index (χ3v) is 2.56. The Hall–Kier alpha value is -2.24. The number of ether oxygens (including phenoxy) is 1. The SMILES string of the molecule is CCCN(CC(=O)O)C(=O)c1ccc(N)cc1OC. The van der Waals surface area contributed by atoms with Crippen LogP contribution in [-0.4, -0.2) is 42.1 Å². The van der Waals surface area contributed by atoms with Crippen LogP contribution < -0.4 is 10.5 Å². The number of aliphatic carboxylic acids is 1. The van der Waals surface area contributed by atoms with Crippen LogP contribution in [0.2, 0.25) is 0 Å². The van der Waals surface area contributed by atoms with E-state index in [0.29, 0.717) is 30.0 Å². The normalized spacial score (nSPS) is 10.0. The molecule has 6 nitrogen and oxygen atoms in total. The van der Waals surface area contributed by atoms with Gasteiger partial charge in [-0.05, 0) is 18.6 Å². The fourth-order valence-corrected chi connectivity index (χ4v) is 1.74. The van der Waals surface area contributed by atoms with Crippen molar-refractivity contribution < 1.29 is 19.4 Å². The average molecular weight is 266 g/mol. The van der Waals surface area contributed by atoms with Crippen LogP contribution in [0.1, 0.15) is 23.7 Å². The third-order valence-electron chi connectivity index (χ3n) is 2.56. The molecule has 3 N–H and O–H groups in total. The van der Waals surface area contributed by atoms with Gasteiger partial charge in [0.1, 0.15) is 12.3 Å². The van der Waals surface area contributed by atoms with Gasteiger partial charge in [0.15, 0.2) is 0 Å². The van der Waals surface area contributed by atoms with Crippen LogP contribution in [0, 0.1) is 0 Å². The van der Waals surface area contributed by atoms with Gasteiger partial charge in [0.2, 0.25) is 0 Å². The van der Waals surface area contributed by atoms with Gasteiger partial charge in [-0.3, -0.25) is 9.59 Å². The summed E-state index contributed by atoms with van der Waals surface area (Å²) in [6, 6.07) is 4.67. The largest absolute Gasteiger partial charge is 0.496 e. The van der Waals surface area contributed by atoms with Crippen LogP contribution >= 0.6 is 0 Å². The van der Waals surface area contributed by atoms with E-state index in [1.54, 1.807) is 12.1 Å². The first-order valence-electron chi connectivity index (χ1n) is 5.94. The van der Waals surface area contributed by atoms with E-state index < -0.39 is 5.97 Å². The molecule has 19 heavy (non-hydrogen) atoms. The number of nitrogens with two attached hydrogens (primary N) is 1. The summed E-state index contributed by atoms with van der Waals surface area (Å²) in [4.78, 5) is 24.4. The van der Waals surface area contributed by atoms with Crippen molar-refractivity contribution in [2.45, 2.75) is 13.3 Å². The topological polar surface area (TPSA) is 92.9 Å². The summed E-state index contributed by atoms with van der Waals surface area (Å²) in [5, 5.41) is 8.83. The molecule has 1 amide bonds. The predicted octanol–water partition coefficient (Wildman–Crippen LogP) is 1.21. The van der Waals surface area contributed by atoms with Crippen molar-refractivity contribution in [2.75, 3.05) is 25.9 Å². The van der Waals surface area contributed by atoms with Gasteiger partial charge in [0.25, 0.3) is 5.91 Å². The number of benzene rings is 1. The molecule has 0 aromatic heterocycles. The Morgan fingerprint density at radius 3 is 2.63 bits per heavy atom. The molecule has 1 aromatic rings. The van der Waals surface area contributed by atoms with Gasteiger partial charge in [0.05, 0.1) is 12.7 Å². The second-order valence-electron chi connectivity index (χ2n) is 4.08. The summed E-state index contributed by atoms with van der Waals surface area (Å²) in [5.41, 5.74) is 6.41. The van der Waals surface area contributed by atoms with Crippen LogP contribution in [0.4, 0.5) is 5.69 Å². The summed E-state index contributed by atoms with van der Waals surface area (Å²) in [6.45, 7) is 1.92. The second-order valence-corrected chi connectivity index (χ2v) is 4.08. The number of carbonyl (C=O) groups excluding carboxylic acids is 1. The lowest BCUT2D eigenvalue weighted by atomic mass is 10.1. The number of anilines is 1. The Morgan fingerprint density at radius 2 is 2.11 bits per heavy atom. The molecule has 0 bridgehead atoms. The number of amides is 1. The van der Waals surface area contributed by atoms with E-state index in [1.807, 2.05) is 6.92 Å². The lowest BCUT2D eigenvalue weighted by Crippen LogP contribution is -2.36. The molecule has 0 atom stereocenters. The Labute approximate surface area is 111 Å². The fourth-order valence-electron chi connectivity index (χ4n) is 1.74. The molecule has 0 saturated carbocycles. The van der Waals surface area contributed by atoms with Crippen molar-refractivity contribution in [1.82, 2.24) is 4.90 Å². The van der Waals surface area contributed by atoms with Crippen molar-refractivity contribution in [2.24, 2.45) is 0 Å². The second kappa shape index (κ2) is 6.63. The van der Waals surface area contributed by atoms with Gasteiger partial charge in [-0.2, -0.15) is 0 Å². The van der Waals surface area contributed by atoms with Crippen molar-refractivity contribution >= 4 is 17.6 Å². The molecule has 0 unspecified atom stereocenters. The third kappa shape index (κ3) is 3.87. The number of hydrogen-bond acceptors (Lipinski definition) is 4. The molecule has 0 aliphatic carbocycles. The van der Waals surface area contributed by atoms with E-state index in [-0.39, 0.29) is 12.5 Å². The summed E-state index contributed by atoms with van der Waals surface area (Å²) in [6.07, 6.45) is 0.677. The van der Waals surface area contributed by atoms with E-state index in [2.05, 4.69) is 0 Å². The van der Waals surface area contributed by atoms with Crippen molar-refractivity contribution in [3.05, 3.63) is 23.8 Å². The molecule has 0 aliphatic heterocycles. The minimum absolute atomic E-state index is 0.311. The molecule has 6 heteroatoms. The summed E-state index contributed by atoms with van der Waals surface area (Å²) >= 11 is 0. The van der Waals surface area contributed by atoms with Gasteiger partial charge in [0, 0.05) is 18.3 Å². The highest BCUT2D eigenvalue weighted by Gasteiger charge is 2.21. The molecular weight excluding hydrogens is 248 g/mol. The molecule has 0 spiro atoms. The number of rotatable bonds is 6. The Bertz CT molecular complexity index is 474. The predicted molar refractivity (Wildman–Crippen MR) is 71.2 cm³/mol. The quantitative estimate of drug-likeness (QED) is 0.755. The first-order chi connectivity index (χ1) is 8.99. The van der Waals surface area contributed by atoms with Crippen LogP contribution in [0.5, 0.6) is 5.75 Å². The molecule has 0 heterocycles. The van der Waals surface area contributed by atoms with Gasteiger partial charge >= 0.3 is 5.97 Å². The first-order valence-corrected chi connectivity index (χ1v) is 5.94. The molecule has 0 fully saturated rings. The Morgan fingerprint density at radius 1 is 1.42 bits per heavy atom. The number of carboxylic acids is 1. The van der Waals surface area contributed by atoms with Crippen LogP contribution in [-0.2, 0) is 4.79 Å². The molecule has 0 aliphatic rings. The average Bonchev–Trinajstić information content (AvgIpc) is 2.36. The van der Waals surface area contributed by atoms with Gasteiger partial charge in [-0.25, -0.2) is 0 Å². The van der Waals surface area contributed by atoms with Crippen LogP contribution in [0.15, 0.2) is 18.2 Å². The zero-order valence-corrected chi connectivity index (χ0v) is 11.0. The lowest BCUT2D eigenvalue weighted by molar-refractivity contribution is -0.137. The van der Waals surface area contributed by atoms with Gasteiger partial charge in [-0.15, -0.1) is 0 Å². The fraction of sp³-hybridized carbons (Fsp3) is 0.385. The maximum atomic E-state index is 12.3. The van der Waals surface area contributed by atoms with Crippen molar-refractivity contribution in [3.8, 4) is 5.75 Å². The zero-order valence-electron chi connectivity index (χ0n) is 11.0. The molecule has 1 aromatic carbocycles. The van der Waals surface area contributed by atoms with E-state index >= 15 is 0 Å². The first kappa shape index (κ1) is 14.8. The lowest BCUT2D eigenvalue weighted by Gasteiger charge is -2.21. The van der Waals surface area contributed by atoms with E-state index in [9.17, 15) is 9.59 Å². The highest BCUT2D eigenvalue weighted by molar-refractivity contribution is 5.98. The number of carboxylic acid groups (broad SMARTS) is 1. The zero-order chi connectivity index (χ0) is 14.4. The van der Waals surface area contributed by atoms with Crippen LogP contribution in [0.3, 0.4) is 0 Å². The molecular formula is C13H18N2O4. The van der Waals surface area contributed by atoms with E-state index in [1.165, 1.54) is 18.1 Å². The summed E-state index contributed by atoms with van der Waals surface area (Å²) in [7, 11) is 1.44. The Kier molecular flexibility index (Phi) is 5.17. The van der Waals surface area contributed by atoms with E-state index in [4.69, 9.17) is 15.6 Å². The minimum atomic E-state index is -1.05. The molecule has 0 radical (unpaired) electrons. The molecule has 0 saturated heterocycles. The Balaban J connectivity index is 3.04. The minimum Gasteiger partial charge on any atom is -0.496 e. The number of carbonyl (C=O) groups is 2. The van der Waals surface area contributed by atoms with Crippen LogP contribution in [0.25, 0.3) is 0 Å². The number of methoxy groups -OCH3 is 1. The van der Waals surface area contributed by atoms with Crippen molar-refractivity contribution in [1.29, 1.82) is 0 Å². The standard InChI is InChI=1S/C13H18N2O4/c1-3-6-15(8-12(16)17)13(18)10-5-4-9(14)7-11(10)19-2/h4-5,7H,3,6,8,14H2,1-2H3,(H,16,17). The van der Waals surface area contributed by atoms with Gasteiger partial charge < -0.3 is 20.5 Å². The summed E-state index contributed by atoms with van der Waals surface area (Å²) < 4.78 is 5.11. The number of nitrogen functional groups attached to an aromatic ring is 1. The highest BCUT2D eigenvalue weighted by atomic mass is 16.5. The number of hydrogen-bond donors (Lipinski definition) is 2.